The lowest BCUT2D eigenvalue weighted by atomic mass is 9.82. The van der Waals surface area contributed by atoms with E-state index < -0.39 is 0 Å². The lowest BCUT2D eigenvalue weighted by Crippen LogP contribution is -2.31. The Bertz CT molecular complexity index is 161. The first-order valence-corrected chi connectivity index (χ1v) is 8.10. The molecule has 0 bridgehead atoms. The summed E-state index contributed by atoms with van der Waals surface area (Å²) in [4.78, 5) is 0. The Morgan fingerprint density at radius 2 is 1.47 bits per heavy atom. The highest BCUT2D eigenvalue weighted by Gasteiger charge is 2.19. The zero-order valence-corrected chi connectivity index (χ0v) is 11.9. The van der Waals surface area contributed by atoms with Gasteiger partial charge in [-0.2, -0.15) is 0 Å². The lowest BCUT2D eigenvalue weighted by molar-refractivity contribution is 0.290. The molecule has 1 unspecified atom stereocenters. The first-order chi connectivity index (χ1) is 8.34. The minimum absolute atomic E-state index is 0.506. The molecule has 0 spiro atoms. The molecule has 1 atom stereocenters. The molecule has 0 saturated heterocycles. The van der Waals surface area contributed by atoms with Gasteiger partial charge in [0.1, 0.15) is 0 Å². The fraction of sp³-hybridized carbons (Fsp3) is 1.00. The Labute approximate surface area is 109 Å². The molecule has 0 heterocycles. The van der Waals surface area contributed by atoms with Crippen LogP contribution in [-0.4, -0.2) is 6.04 Å². The number of rotatable bonds is 9. The quantitative estimate of drug-likeness (QED) is 0.561. The third-order valence-electron chi connectivity index (χ3n) is 4.40. The summed E-state index contributed by atoms with van der Waals surface area (Å²) in [6.07, 6.45) is 18.2. The average molecular weight is 239 g/mol. The SMILES string of the molecule is CCCCCCCCCC(N)C1CCCCC1. The summed E-state index contributed by atoms with van der Waals surface area (Å²) in [6.45, 7) is 2.28. The van der Waals surface area contributed by atoms with E-state index in [1.165, 1.54) is 83.5 Å². The fourth-order valence-corrected chi connectivity index (χ4v) is 3.14. The van der Waals surface area contributed by atoms with Gasteiger partial charge in [0, 0.05) is 6.04 Å². The summed E-state index contributed by atoms with van der Waals surface area (Å²) >= 11 is 0. The van der Waals surface area contributed by atoms with Gasteiger partial charge in [-0.1, -0.05) is 71.1 Å². The maximum atomic E-state index is 6.31. The molecular formula is C16H33N. The van der Waals surface area contributed by atoms with Gasteiger partial charge in [0.15, 0.2) is 0 Å². The molecular weight excluding hydrogens is 206 g/mol. The third kappa shape index (κ3) is 7.08. The fourth-order valence-electron chi connectivity index (χ4n) is 3.14. The topological polar surface area (TPSA) is 26.0 Å². The normalized spacial score (nSPS) is 19.4. The van der Waals surface area contributed by atoms with Crippen molar-refractivity contribution >= 4 is 0 Å². The van der Waals surface area contributed by atoms with Crippen LogP contribution < -0.4 is 5.73 Å². The van der Waals surface area contributed by atoms with Gasteiger partial charge in [0.05, 0.1) is 0 Å². The molecule has 1 rings (SSSR count). The smallest absolute Gasteiger partial charge is 0.00671 e. The van der Waals surface area contributed by atoms with Crippen LogP contribution in [0.1, 0.15) is 90.4 Å². The van der Waals surface area contributed by atoms with Crippen LogP contribution in [0, 0.1) is 5.92 Å². The van der Waals surface area contributed by atoms with Crippen molar-refractivity contribution in [1.29, 1.82) is 0 Å². The minimum atomic E-state index is 0.506. The molecule has 0 aliphatic heterocycles. The highest BCUT2D eigenvalue weighted by atomic mass is 14.6. The van der Waals surface area contributed by atoms with Crippen molar-refractivity contribution < 1.29 is 0 Å². The van der Waals surface area contributed by atoms with E-state index in [4.69, 9.17) is 5.73 Å². The van der Waals surface area contributed by atoms with Crippen LogP contribution in [-0.2, 0) is 0 Å². The Kier molecular flexibility index (Phi) is 8.78. The van der Waals surface area contributed by atoms with Crippen molar-refractivity contribution in [2.75, 3.05) is 0 Å². The van der Waals surface area contributed by atoms with Crippen molar-refractivity contribution in [2.45, 2.75) is 96.4 Å². The van der Waals surface area contributed by atoms with Crippen LogP contribution in [0.3, 0.4) is 0 Å². The van der Waals surface area contributed by atoms with Gasteiger partial charge < -0.3 is 5.73 Å². The number of unbranched alkanes of at least 4 members (excludes halogenated alkanes) is 6. The minimum Gasteiger partial charge on any atom is -0.327 e. The average Bonchev–Trinajstić information content (AvgIpc) is 2.38. The van der Waals surface area contributed by atoms with Crippen molar-refractivity contribution in [1.82, 2.24) is 0 Å². The number of nitrogens with two attached hydrogens (primary N) is 1. The van der Waals surface area contributed by atoms with Crippen LogP contribution in [0.4, 0.5) is 0 Å². The Hall–Kier alpha value is -0.0400. The van der Waals surface area contributed by atoms with E-state index in [1.807, 2.05) is 0 Å². The zero-order valence-electron chi connectivity index (χ0n) is 11.9. The second kappa shape index (κ2) is 9.94. The maximum Gasteiger partial charge on any atom is 0.00671 e. The first kappa shape index (κ1) is 15.0. The molecule has 1 aliphatic carbocycles. The molecule has 1 heteroatoms. The van der Waals surface area contributed by atoms with E-state index >= 15 is 0 Å². The molecule has 1 fully saturated rings. The van der Waals surface area contributed by atoms with Gasteiger partial charge in [-0.3, -0.25) is 0 Å². The summed E-state index contributed by atoms with van der Waals surface area (Å²) in [5.41, 5.74) is 6.31. The van der Waals surface area contributed by atoms with Crippen molar-refractivity contribution in [3.05, 3.63) is 0 Å². The number of hydrogen-bond acceptors (Lipinski definition) is 1. The van der Waals surface area contributed by atoms with E-state index in [9.17, 15) is 0 Å². The Morgan fingerprint density at radius 1 is 0.882 bits per heavy atom. The van der Waals surface area contributed by atoms with Crippen LogP contribution in [0.2, 0.25) is 0 Å². The Balaban J connectivity index is 1.90. The van der Waals surface area contributed by atoms with Gasteiger partial charge in [0.2, 0.25) is 0 Å². The van der Waals surface area contributed by atoms with Crippen molar-refractivity contribution in [2.24, 2.45) is 11.7 Å². The molecule has 102 valence electrons. The van der Waals surface area contributed by atoms with Gasteiger partial charge in [-0.15, -0.1) is 0 Å². The molecule has 0 aromatic heterocycles. The largest absolute Gasteiger partial charge is 0.327 e. The third-order valence-corrected chi connectivity index (χ3v) is 4.40. The number of hydrogen-bond donors (Lipinski definition) is 1. The molecule has 17 heavy (non-hydrogen) atoms. The van der Waals surface area contributed by atoms with Crippen molar-refractivity contribution in [3.8, 4) is 0 Å². The molecule has 0 radical (unpaired) electrons. The van der Waals surface area contributed by atoms with Gasteiger partial charge >= 0.3 is 0 Å². The molecule has 2 N–H and O–H groups in total. The van der Waals surface area contributed by atoms with Crippen LogP contribution >= 0.6 is 0 Å². The summed E-state index contributed by atoms with van der Waals surface area (Å²) in [6, 6.07) is 0.506. The van der Waals surface area contributed by atoms with Gasteiger partial charge in [0.25, 0.3) is 0 Å². The van der Waals surface area contributed by atoms with E-state index in [0.29, 0.717) is 6.04 Å². The maximum absolute atomic E-state index is 6.31. The second-order valence-corrected chi connectivity index (χ2v) is 5.97. The van der Waals surface area contributed by atoms with Crippen LogP contribution in [0.15, 0.2) is 0 Å². The molecule has 0 aromatic rings. The van der Waals surface area contributed by atoms with E-state index in [-0.39, 0.29) is 0 Å². The summed E-state index contributed by atoms with van der Waals surface area (Å²) < 4.78 is 0. The summed E-state index contributed by atoms with van der Waals surface area (Å²) in [5.74, 6) is 0.851. The second-order valence-electron chi connectivity index (χ2n) is 5.97. The van der Waals surface area contributed by atoms with Crippen molar-refractivity contribution in [3.63, 3.8) is 0 Å². The van der Waals surface area contributed by atoms with E-state index in [2.05, 4.69) is 6.92 Å². The highest BCUT2D eigenvalue weighted by molar-refractivity contribution is 4.76. The summed E-state index contributed by atoms with van der Waals surface area (Å²) in [5, 5.41) is 0. The standard InChI is InChI=1S/C16H33N/c1-2-3-4-5-6-7-11-14-16(17)15-12-9-8-10-13-15/h15-16H,2-14,17H2,1H3. The predicted octanol–water partition coefficient (Wildman–Crippen LogP) is 5.03. The summed E-state index contributed by atoms with van der Waals surface area (Å²) in [7, 11) is 0. The Morgan fingerprint density at radius 3 is 2.12 bits per heavy atom. The zero-order chi connectivity index (χ0) is 12.3. The van der Waals surface area contributed by atoms with Gasteiger partial charge in [-0.25, -0.2) is 0 Å². The highest BCUT2D eigenvalue weighted by Crippen LogP contribution is 2.27. The molecule has 1 aliphatic rings. The predicted molar refractivity (Wildman–Crippen MR) is 77.2 cm³/mol. The molecule has 0 aromatic carbocycles. The first-order valence-electron chi connectivity index (χ1n) is 8.10. The lowest BCUT2D eigenvalue weighted by Gasteiger charge is -2.27. The van der Waals surface area contributed by atoms with Gasteiger partial charge in [-0.05, 0) is 25.2 Å². The van der Waals surface area contributed by atoms with Crippen LogP contribution in [0.25, 0.3) is 0 Å². The van der Waals surface area contributed by atoms with E-state index in [1.54, 1.807) is 0 Å². The van der Waals surface area contributed by atoms with E-state index in [0.717, 1.165) is 5.92 Å². The molecule has 0 amide bonds. The molecule has 1 nitrogen and oxygen atoms in total. The van der Waals surface area contributed by atoms with Crippen LogP contribution in [0.5, 0.6) is 0 Å². The monoisotopic (exact) mass is 239 g/mol. The molecule has 1 saturated carbocycles.